The molecule has 22 heavy (non-hydrogen) atoms. The highest BCUT2D eigenvalue weighted by Crippen LogP contribution is 2.11. The average Bonchev–Trinajstić information content (AvgIpc) is 2.40. The molecule has 132 valence electrons. The van der Waals surface area contributed by atoms with Gasteiger partial charge in [0.1, 0.15) is 12.4 Å². The van der Waals surface area contributed by atoms with E-state index in [1.807, 2.05) is 6.92 Å². The van der Waals surface area contributed by atoms with Crippen molar-refractivity contribution in [3.05, 3.63) is 0 Å². The number of methoxy groups -OCH3 is 1. The number of hydrogen-bond donors (Lipinski definition) is 2. The van der Waals surface area contributed by atoms with Gasteiger partial charge in [-0.1, -0.05) is 6.92 Å². The number of amides is 1. The molecule has 0 heterocycles. The molecule has 0 rings (SSSR count). The summed E-state index contributed by atoms with van der Waals surface area (Å²) in [5, 5.41) is 11.9. The fraction of sp³-hybridized carbons (Fsp3) is 0.933. The van der Waals surface area contributed by atoms with Crippen molar-refractivity contribution in [3.8, 4) is 0 Å². The van der Waals surface area contributed by atoms with E-state index in [-0.39, 0.29) is 25.5 Å². The molecule has 0 bridgehead atoms. The molecule has 0 radical (unpaired) electrons. The Morgan fingerprint density at radius 2 is 1.95 bits per heavy atom. The highest BCUT2D eigenvalue weighted by Gasteiger charge is 2.25. The molecular formula is C15H31NO6. The van der Waals surface area contributed by atoms with Crippen molar-refractivity contribution in [3.63, 3.8) is 0 Å². The molecule has 0 aromatic carbocycles. The Labute approximate surface area is 133 Å². The van der Waals surface area contributed by atoms with E-state index in [9.17, 15) is 9.90 Å². The number of aliphatic hydroxyl groups is 1. The van der Waals surface area contributed by atoms with Gasteiger partial charge in [-0.05, 0) is 33.6 Å². The van der Waals surface area contributed by atoms with E-state index in [0.29, 0.717) is 26.1 Å². The quantitative estimate of drug-likeness (QED) is 0.445. The summed E-state index contributed by atoms with van der Waals surface area (Å²) < 4.78 is 21.0. The van der Waals surface area contributed by atoms with Crippen LogP contribution in [-0.4, -0.2) is 62.7 Å². The van der Waals surface area contributed by atoms with Crippen molar-refractivity contribution in [2.24, 2.45) is 0 Å². The third-order valence-corrected chi connectivity index (χ3v) is 2.79. The summed E-state index contributed by atoms with van der Waals surface area (Å²) in [5.74, 6) is 0. The van der Waals surface area contributed by atoms with Crippen LogP contribution in [0.5, 0.6) is 0 Å². The maximum Gasteiger partial charge on any atom is 0.407 e. The fourth-order valence-electron chi connectivity index (χ4n) is 1.80. The van der Waals surface area contributed by atoms with Crippen molar-refractivity contribution in [1.29, 1.82) is 0 Å². The van der Waals surface area contributed by atoms with Crippen LogP contribution in [0.4, 0.5) is 4.79 Å². The molecule has 0 aromatic rings. The fourth-order valence-corrected chi connectivity index (χ4v) is 1.80. The summed E-state index contributed by atoms with van der Waals surface area (Å²) in [7, 11) is 1.60. The van der Waals surface area contributed by atoms with Gasteiger partial charge in [0.2, 0.25) is 0 Å². The SMILES string of the molecule is CC[C@@H](OCOCCOC)[C@H](CCO)NC(=O)OC(C)(C)C. The lowest BCUT2D eigenvalue weighted by Crippen LogP contribution is -2.47. The lowest BCUT2D eigenvalue weighted by atomic mass is 10.1. The van der Waals surface area contributed by atoms with Gasteiger partial charge in [0, 0.05) is 13.7 Å². The van der Waals surface area contributed by atoms with E-state index < -0.39 is 11.7 Å². The van der Waals surface area contributed by atoms with Crippen molar-refractivity contribution in [1.82, 2.24) is 5.32 Å². The van der Waals surface area contributed by atoms with Gasteiger partial charge in [0.05, 0.1) is 25.4 Å². The number of carbonyl (C=O) groups is 1. The zero-order chi connectivity index (χ0) is 17.0. The number of alkyl carbamates (subject to hydrolysis) is 1. The Bertz CT molecular complexity index is 292. The third-order valence-electron chi connectivity index (χ3n) is 2.79. The lowest BCUT2D eigenvalue weighted by molar-refractivity contribution is -0.109. The van der Waals surface area contributed by atoms with E-state index in [1.165, 1.54) is 0 Å². The first kappa shape index (κ1) is 21.1. The first-order valence-corrected chi connectivity index (χ1v) is 7.62. The Balaban J connectivity index is 4.37. The minimum Gasteiger partial charge on any atom is -0.444 e. The van der Waals surface area contributed by atoms with Crippen LogP contribution in [0.2, 0.25) is 0 Å². The minimum absolute atomic E-state index is 0.0507. The van der Waals surface area contributed by atoms with Gasteiger partial charge >= 0.3 is 6.09 Å². The van der Waals surface area contributed by atoms with Gasteiger partial charge in [-0.2, -0.15) is 0 Å². The summed E-state index contributed by atoms with van der Waals surface area (Å²) >= 11 is 0. The zero-order valence-corrected chi connectivity index (χ0v) is 14.4. The lowest BCUT2D eigenvalue weighted by Gasteiger charge is -2.28. The summed E-state index contributed by atoms with van der Waals surface area (Å²) in [6, 6.07) is -0.337. The maximum absolute atomic E-state index is 11.9. The minimum atomic E-state index is -0.570. The van der Waals surface area contributed by atoms with Crippen molar-refractivity contribution in [2.75, 3.05) is 33.7 Å². The molecule has 2 atom stereocenters. The van der Waals surface area contributed by atoms with Crippen LogP contribution in [0.25, 0.3) is 0 Å². The van der Waals surface area contributed by atoms with E-state index in [0.717, 1.165) is 0 Å². The van der Waals surface area contributed by atoms with E-state index in [2.05, 4.69) is 5.32 Å². The monoisotopic (exact) mass is 321 g/mol. The second kappa shape index (κ2) is 11.6. The Morgan fingerprint density at radius 1 is 1.27 bits per heavy atom. The molecule has 0 aliphatic carbocycles. The largest absolute Gasteiger partial charge is 0.444 e. The van der Waals surface area contributed by atoms with Gasteiger partial charge in [-0.15, -0.1) is 0 Å². The van der Waals surface area contributed by atoms with E-state index in [1.54, 1.807) is 27.9 Å². The first-order valence-electron chi connectivity index (χ1n) is 7.62. The predicted octanol–water partition coefficient (Wildman–Crippen LogP) is 1.68. The highest BCUT2D eigenvalue weighted by molar-refractivity contribution is 5.68. The highest BCUT2D eigenvalue weighted by atomic mass is 16.7. The Morgan fingerprint density at radius 3 is 2.45 bits per heavy atom. The molecule has 2 N–H and O–H groups in total. The number of nitrogens with one attached hydrogen (secondary N) is 1. The molecule has 0 unspecified atom stereocenters. The van der Waals surface area contributed by atoms with Crippen LogP contribution in [0, 0.1) is 0 Å². The Hall–Kier alpha value is -0.890. The summed E-state index contributed by atoms with van der Waals surface area (Å²) in [6.07, 6.45) is 0.278. The average molecular weight is 321 g/mol. The van der Waals surface area contributed by atoms with Crippen molar-refractivity contribution < 1.29 is 28.8 Å². The molecule has 0 aliphatic heterocycles. The second-order valence-electron chi connectivity index (χ2n) is 5.90. The second-order valence-corrected chi connectivity index (χ2v) is 5.90. The smallest absolute Gasteiger partial charge is 0.407 e. The molecule has 0 aromatic heterocycles. The number of carbonyl (C=O) groups excluding carboxylic acids is 1. The van der Waals surface area contributed by atoms with E-state index in [4.69, 9.17) is 18.9 Å². The summed E-state index contributed by atoms with van der Waals surface area (Å²) in [5.41, 5.74) is -0.570. The molecule has 0 spiro atoms. The van der Waals surface area contributed by atoms with Gasteiger partial charge in [0.25, 0.3) is 0 Å². The number of ether oxygens (including phenoxy) is 4. The Kier molecular flexibility index (Phi) is 11.2. The molecule has 7 heteroatoms. The summed E-state index contributed by atoms with van der Waals surface area (Å²) in [6.45, 7) is 8.33. The van der Waals surface area contributed by atoms with Crippen molar-refractivity contribution >= 4 is 6.09 Å². The molecule has 1 amide bonds. The van der Waals surface area contributed by atoms with Crippen LogP contribution >= 0.6 is 0 Å². The van der Waals surface area contributed by atoms with Crippen LogP contribution < -0.4 is 5.32 Å². The predicted molar refractivity (Wildman–Crippen MR) is 82.7 cm³/mol. The van der Waals surface area contributed by atoms with Crippen LogP contribution in [-0.2, 0) is 18.9 Å². The maximum atomic E-state index is 11.9. The van der Waals surface area contributed by atoms with E-state index >= 15 is 0 Å². The molecule has 0 saturated carbocycles. The molecule has 7 nitrogen and oxygen atoms in total. The van der Waals surface area contributed by atoms with Crippen LogP contribution in [0.3, 0.4) is 0 Å². The van der Waals surface area contributed by atoms with Gasteiger partial charge in [0.15, 0.2) is 0 Å². The standard InChI is InChI=1S/C15H31NO6/c1-6-13(21-11-20-10-9-19-5)12(7-8-17)16-14(18)22-15(2,3)4/h12-13,17H,6-11H2,1-5H3,(H,16,18)/t12-,13+/m0/s1. The number of hydrogen-bond acceptors (Lipinski definition) is 6. The van der Waals surface area contributed by atoms with Crippen molar-refractivity contribution in [2.45, 2.75) is 58.3 Å². The van der Waals surface area contributed by atoms with Gasteiger partial charge < -0.3 is 29.4 Å². The number of rotatable bonds is 11. The summed E-state index contributed by atoms with van der Waals surface area (Å²) in [4.78, 5) is 11.9. The van der Waals surface area contributed by atoms with Gasteiger partial charge in [-0.25, -0.2) is 4.79 Å². The molecule has 0 saturated heterocycles. The third kappa shape index (κ3) is 10.8. The molecular weight excluding hydrogens is 290 g/mol. The molecule has 0 fully saturated rings. The zero-order valence-electron chi connectivity index (χ0n) is 14.4. The van der Waals surface area contributed by atoms with Crippen LogP contribution in [0.1, 0.15) is 40.5 Å². The number of aliphatic hydroxyl groups excluding tert-OH is 1. The van der Waals surface area contributed by atoms with Gasteiger partial charge in [-0.3, -0.25) is 0 Å². The topological polar surface area (TPSA) is 86.3 Å². The normalized spacial score (nSPS) is 14.5. The molecule has 0 aliphatic rings. The van der Waals surface area contributed by atoms with Crippen LogP contribution in [0.15, 0.2) is 0 Å². The first-order chi connectivity index (χ1) is 10.3.